The van der Waals surface area contributed by atoms with Gasteiger partial charge in [0.2, 0.25) is 0 Å². The maximum Gasteiger partial charge on any atom is 0.416 e. The molecule has 4 aromatic rings. The third-order valence-electron chi connectivity index (χ3n) is 5.55. The lowest BCUT2D eigenvalue weighted by atomic mass is 10.0. The Bertz CT molecular complexity index is 1230. The average Bonchev–Trinajstić information content (AvgIpc) is 3.21. The van der Waals surface area contributed by atoms with Crippen molar-refractivity contribution in [3.05, 3.63) is 54.2 Å². The van der Waals surface area contributed by atoms with E-state index in [0.717, 1.165) is 60.1 Å². The summed E-state index contributed by atoms with van der Waals surface area (Å²) in [6.07, 6.45) is 2.09. The highest BCUT2D eigenvalue weighted by molar-refractivity contribution is 5.92. The van der Waals surface area contributed by atoms with E-state index in [1.165, 1.54) is 12.1 Å². The highest BCUT2D eigenvalue weighted by atomic mass is 19.4. The van der Waals surface area contributed by atoms with Crippen LogP contribution in [0.3, 0.4) is 0 Å². The predicted molar refractivity (Wildman–Crippen MR) is 107 cm³/mol. The van der Waals surface area contributed by atoms with Crippen LogP contribution in [0.2, 0.25) is 0 Å². The summed E-state index contributed by atoms with van der Waals surface area (Å²) >= 11 is 0. The maximum absolute atomic E-state index is 13.0. The fourth-order valence-corrected chi connectivity index (χ4v) is 3.89. The van der Waals surface area contributed by atoms with Crippen LogP contribution in [0.4, 0.5) is 19.0 Å². The molecule has 5 rings (SSSR count). The molecule has 30 heavy (non-hydrogen) atoms. The molecule has 0 spiro atoms. The second-order valence-corrected chi connectivity index (χ2v) is 7.42. The molecule has 0 radical (unpaired) electrons. The van der Waals surface area contributed by atoms with E-state index in [2.05, 4.69) is 15.0 Å². The van der Waals surface area contributed by atoms with Crippen molar-refractivity contribution in [1.29, 1.82) is 0 Å². The lowest BCUT2D eigenvalue weighted by molar-refractivity contribution is -0.137. The summed E-state index contributed by atoms with van der Waals surface area (Å²) in [4.78, 5) is 11.6. The number of halogens is 3. The van der Waals surface area contributed by atoms with Gasteiger partial charge < -0.3 is 4.90 Å². The largest absolute Gasteiger partial charge is 0.416 e. The van der Waals surface area contributed by atoms with Crippen LogP contribution < -0.4 is 4.90 Å². The standard InChI is InChI=1S/C21H19F3N6/c1-13-27-17(19-20(29-9-3-10-29)25-8-11-30(13)19)16-12-26-28(2)18(16)14-4-6-15(7-5-14)21(22,23)24/h4-8,11-12H,3,9-10H2,1-2H3. The number of alkyl halides is 3. The quantitative estimate of drug-likeness (QED) is 0.503. The summed E-state index contributed by atoms with van der Waals surface area (Å²) in [6.45, 7) is 3.80. The van der Waals surface area contributed by atoms with E-state index < -0.39 is 11.7 Å². The number of hydrogen-bond donors (Lipinski definition) is 0. The van der Waals surface area contributed by atoms with Crippen LogP contribution in [0.25, 0.3) is 28.0 Å². The minimum atomic E-state index is -4.37. The molecule has 0 amide bonds. The van der Waals surface area contributed by atoms with Gasteiger partial charge >= 0.3 is 6.18 Å². The fraction of sp³-hybridized carbons (Fsp3) is 0.286. The normalized spacial score (nSPS) is 14.4. The smallest absolute Gasteiger partial charge is 0.355 e. The summed E-state index contributed by atoms with van der Waals surface area (Å²) < 4.78 is 42.6. The topological polar surface area (TPSA) is 51.2 Å². The molecule has 1 saturated heterocycles. The van der Waals surface area contributed by atoms with Crippen molar-refractivity contribution >= 4 is 11.3 Å². The predicted octanol–water partition coefficient (Wildman–Crippen LogP) is 4.33. The van der Waals surface area contributed by atoms with Crippen molar-refractivity contribution in [2.45, 2.75) is 19.5 Å². The number of hydrogen-bond acceptors (Lipinski definition) is 4. The Labute approximate surface area is 170 Å². The van der Waals surface area contributed by atoms with Crippen LogP contribution in [0.5, 0.6) is 0 Å². The SMILES string of the molecule is Cc1nc(-c2cnn(C)c2-c2ccc(C(F)(F)F)cc2)c2c(N3CCC3)nccn12. The van der Waals surface area contributed by atoms with Crippen LogP contribution in [0, 0.1) is 6.92 Å². The zero-order valence-corrected chi connectivity index (χ0v) is 16.5. The number of rotatable bonds is 3. The van der Waals surface area contributed by atoms with Crippen LogP contribution in [-0.4, -0.2) is 37.2 Å². The van der Waals surface area contributed by atoms with Crippen molar-refractivity contribution in [2.75, 3.05) is 18.0 Å². The number of anilines is 1. The second-order valence-electron chi connectivity index (χ2n) is 7.42. The first-order valence-electron chi connectivity index (χ1n) is 9.63. The van der Waals surface area contributed by atoms with E-state index in [1.54, 1.807) is 24.1 Å². The molecule has 0 unspecified atom stereocenters. The van der Waals surface area contributed by atoms with E-state index in [0.29, 0.717) is 11.3 Å². The molecule has 0 aliphatic carbocycles. The highest BCUT2D eigenvalue weighted by Gasteiger charge is 2.30. The van der Waals surface area contributed by atoms with Gasteiger partial charge in [0.25, 0.3) is 0 Å². The van der Waals surface area contributed by atoms with E-state index in [1.807, 2.05) is 17.5 Å². The van der Waals surface area contributed by atoms with Gasteiger partial charge in [0, 0.05) is 43.7 Å². The average molecular weight is 412 g/mol. The van der Waals surface area contributed by atoms with Gasteiger partial charge in [-0.25, -0.2) is 9.97 Å². The number of fused-ring (bicyclic) bond motifs is 1. The Morgan fingerprint density at radius 2 is 1.80 bits per heavy atom. The molecular formula is C21H19F3N6. The van der Waals surface area contributed by atoms with Gasteiger partial charge in [-0.3, -0.25) is 9.08 Å². The van der Waals surface area contributed by atoms with Gasteiger partial charge in [-0.1, -0.05) is 12.1 Å². The fourth-order valence-electron chi connectivity index (χ4n) is 3.89. The zero-order chi connectivity index (χ0) is 21.0. The van der Waals surface area contributed by atoms with Crippen LogP contribution in [-0.2, 0) is 13.2 Å². The third-order valence-corrected chi connectivity index (χ3v) is 5.55. The molecule has 3 aromatic heterocycles. The molecule has 1 aromatic carbocycles. The highest BCUT2D eigenvalue weighted by Crippen LogP contribution is 2.38. The minimum Gasteiger partial charge on any atom is -0.355 e. The molecular weight excluding hydrogens is 393 g/mol. The summed E-state index contributed by atoms with van der Waals surface area (Å²) in [5.41, 5.74) is 3.05. The van der Waals surface area contributed by atoms with Crippen molar-refractivity contribution in [2.24, 2.45) is 7.05 Å². The molecule has 0 saturated carbocycles. The van der Waals surface area contributed by atoms with Crippen molar-refractivity contribution < 1.29 is 13.2 Å². The summed E-state index contributed by atoms with van der Waals surface area (Å²) in [7, 11) is 1.77. The summed E-state index contributed by atoms with van der Waals surface area (Å²) in [5, 5.41) is 4.38. The molecule has 1 aliphatic rings. The van der Waals surface area contributed by atoms with Crippen molar-refractivity contribution in [3.8, 4) is 22.5 Å². The van der Waals surface area contributed by atoms with Gasteiger partial charge in [0.1, 0.15) is 17.0 Å². The molecule has 6 nitrogen and oxygen atoms in total. The Morgan fingerprint density at radius 3 is 2.43 bits per heavy atom. The monoisotopic (exact) mass is 412 g/mol. The summed E-state index contributed by atoms with van der Waals surface area (Å²) in [6, 6.07) is 5.14. The molecule has 4 heterocycles. The molecule has 9 heteroatoms. The first kappa shape index (κ1) is 18.7. The number of benzene rings is 1. The lowest BCUT2D eigenvalue weighted by Crippen LogP contribution is -2.37. The molecule has 1 aliphatic heterocycles. The number of nitrogens with zero attached hydrogens (tertiary/aromatic N) is 6. The Hall–Kier alpha value is -3.36. The summed E-state index contributed by atoms with van der Waals surface area (Å²) in [5.74, 6) is 1.67. The molecule has 0 bridgehead atoms. The zero-order valence-electron chi connectivity index (χ0n) is 16.5. The number of aryl methyl sites for hydroxylation is 2. The number of imidazole rings is 1. The van der Waals surface area contributed by atoms with Crippen LogP contribution >= 0.6 is 0 Å². The van der Waals surface area contributed by atoms with Gasteiger partial charge in [-0.05, 0) is 25.5 Å². The molecule has 0 atom stereocenters. The van der Waals surface area contributed by atoms with Crippen molar-refractivity contribution in [3.63, 3.8) is 0 Å². The second kappa shape index (κ2) is 6.58. The van der Waals surface area contributed by atoms with Gasteiger partial charge in [-0.2, -0.15) is 18.3 Å². The minimum absolute atomic E-state index is 0.645. The Kier molecular flexibility index (Phi) is 4.09. The van der Waals surface area contributed by atoms with E-state index in [-0.39, 0.29) is 0 Å². The van der Waals surface area contributed by atoms with Gasteiger partial charge in [0.05, 0.1) is 17.5 Å². The van der Waals surface area contributed by atoms with Gasteiger partial charge in [-0.15, -0.1) is 0 Å². The Morgan fingerprint density at radius 1 is 1.07 bits per heavy atom. The van der Waals surface area contributed by atoms with E-state index >= 15 is 0 Å². The number of aromatic nitrogens is 5. The van der Waals surface area contributed by atoms with Crippen molar-refractivity contribution in [1.82, 2.24) is 24.1 Å². The van der Waals surface area contributed by atoms with E-state index in [9.17, 15) is 13.2 Å². The van der Waals surface area contributed by atoms with Gasteiger partial charge in [0.15, 0.2) is 5.82 Å². The Balaban J connectivity index is 1.69. The lowest BCUT2D eigenvalue weighted by Gasteiger charge is -2.32. The first-order valence-corrected chi connectivity index (χ1v) is 9.63. The first-order chi connectivity index (χ1) is 14.3. The molecule has 1 fully saturated rings. The molecule has 154 valence electrons. The van der Waals surface area contributed by atoms with E-state index in [4.69, 9.17) is 4.98 Å². The molecule has 0 N–H and O–H groups in total. The third kappa shape index (κ3) is 2.84. The maximum atomic E-state index is 13.0. The van der Waals surface area contributed by atoms with Crippen LogP contribution in [0.15, 0.2) is 42.9 Å². The van der Waals surface area contributed by atoms with Crippen LogP contribution in [0.1, 0.15) is 17.8 Å².